The lowest BCUT2D eigenvalue weighted by molar-refractivity contribution is -0.0814. The van der Waals surface area contributed by atoms with Crippen molar-refractivity contribution in [3.63, 3.8) is 0 Å². The van der Waals surface area contributed by atoms with Crippen molar-refractivity contribution >= 4 is 12.6 Å². The molecule has 5 heteroatoms. The first-order chi connectivity index (χ1) is 11.1. The van der Waals surface area contributed by atoms with Crippen LogP contribution in [0.25, 0.3) is 0 Å². The molecule has 1 aliphatic rings. The van der Waals surface area contributed by atoms with Crippen molar-refractivity contribution in [2.75, 3.05) is 13.2 Å². The van der Waals surface area contributed by atoms with Crippen LogP contribution in [0.5, 0.6) is 0 Å². The van der Waals surface area contributed by atoms with Gasteiger partial charge >= 0.3 is 7.12 Å². The molecule has 134 valence electrons. The van der Waals surface area contributed by atoms with Gasteiger partial charge in [0.2, 0.25) is 0 Å². The Morgan fingerprint density at radius 3 is 2.04 bits per heavy atom. The van der Waals surface area contributed by atoms with Gasteiger partial charge in [-0.15, -0.1) is 0 Å². The molecule has 2 rings (SSSR count). The van der Waals surface area contributed by atoms with Gasteiger partial charge in [-0.05, 0) is 59.5 Å². The molecule has 0 N–H and O–H groups in total. The molecule has 0 spiro atoms. The van der Waals surface area contributed by atoms with Gasteiger partial charge in [-0.25, -0.2) is 0 Å². The maximum absolute atomic E-state index is 6.08. The summed E-state index contributed by atoms with van der Waals surface area (Å²) < 4.78 is 23.6. The third-order valence-electron chi connectivity index (χ3n) is 4.79. The normalized spacial score (nSPS) is 19.7. The molecule has 1 aromatic rings. The summed E-state index contributed by atoms with van der Waals surface area (Å²) in [7, 11) is -0.320. The van der Waals surface area contributed by atoms with Gasteiger partial charge in [-0.3, -0.25) is 0 Å². The van der Waals surface area contributed by atoms with E-state index < -0.39 is 0 Å². The van der Waals surface area contributed by atoms with E-state index in [2.05, 4.69) is 52.0 Å². The molecule has 24 heavy (non-hydrogen) atoms. The van der Waals surface area contributed by atoms with Crippen LogP contribution < -0.4 is 5.46 Å². The zero-order valence-corrected chi connectivity index (χ0v) is 16.1. The molecule has 0 saturated carbocycles. The molecule has 0 aromatic heterocycles. The van der Waals surface area contributed by atoms with E-state index in [9.17, 15) is 0 Å². The molecule has 1 fully saturated rings. The Hall–Kier alpha value is -0.875. The summed E-state index contributed by atoms with van der Waals surface area (Å²) in [6.07, 6.45) is 0. The fraction of sp³-hybridized carbons (Fsp3) is 0.684. The van der Waals surface area contributed by atoms with Crippen molar-refractivity contribution in [3.05, 3.63) is 29.8 Å². The summed E-state index contributed by atoms with van der Waals surface area (Å²) in [5, 5.41) is 0. The molecule has 4 nitrogen and oxygen atoms in total. The minimum Gasteiger partial charge on any atom is -0.399 e. The molecule has 1 aliphatic heterocycles. The van der Waals surface area contributed by atoms with E-state index in [-0.39, 0.29) is 23.9 Å². The van der Waals surface area contributed by atoms with Gasteiger partial charge in [0.05, 0.1) is 30.0 Å². The van der Waals surface area contributed by atoms with E-state index in [0.717, 1.165) is 11.0 Å². The second-order valence-corrected chi connectivity index (χ2v) is 8.02. The van der Waals surface area contributed by atoms with Crippen LogP contribution in [0, 0.1) is 0 Å². The van der Waals surface area contributed by atoms with Gasteiger partial charge in [0.25, 0.3) is 0 Å². The monoisotopic (exact) mass is 334 g/mol. The third kappa shape index (κ3) is 4.60. The topological polar surface area (TPSA) is 36.9 Å². The molecule has 1 heterocycles. The van der Waals surface area contributed by atoms with Crippen molar-refractivity contribution in [3.8, 4) is 0 Å². The van der Waals surface area contributed by atoms with Crippen molar-refractivity contribution < 1.29 is 18.8 Å². The zero-order valence-electron chi connectivity index (χ0n) is 16.1. The molecule has 0 aliphatic carbocycles. The highest BCUT2D eigenvalue weighted by molar-refractivity contribution is 6.62. The quantitative estimate of drug-likeness (QED) is 0.717. The number of hydrogen-bond donors (Lipinski definition) is 0. The van der Waals surface area contributed by atoms with E-state index in [0.29, 0.717) is 19.8 Å². The number of benzene rings is 1. The highest BCUT2D eigenvalue weighted by Gasteiger charge is 2.51. The first-order valence-corrected chi connectivity index (χ1v) is 8.72. The summed E-state index contributed by atoms with van der Waals surface area (Å²) in [4.78, 5) is 0. The molecule has 1 saturated heterocycles. The SMILES string of the molecule is CCOCC(C)(C)OCc1ccc(B2OC(C)(C)C(C)(C)O2)cc1. The van der Waals surface area contributed by atoms with Crippen molar-refractivity contribution in [2.24, 2.45) is 0 Å². The molecular formula is C19H31BO4. The van der Waals surface area contributed by atoms with Crippen LogP contribution in [0.1, 0.15) is 54.0 Å². The van der Waals surface area contributed by atoms with Gasteiger partial charge in [0, 0.05) is 6.61 Å². The summed E-state index contributed by atoms with van der Waals surface area (Å²) in [6, 6.07) is 8.24. The van der Waals surface area contributed by atoms with Crippen LogP contribution >= 0.6 is 0 Å². The summed E-state index contributed by atoms with van der Waals surface area (Å²) in [5.41, 5.74) is 1.23. The van der Waals surface area contributed by atoms with E-state index in [1.807, 2.05) is 20.8 Å². The fourth-order valence-electron chi connectivity index (χ4n) is 2.42. The molecule has 1 aromatic carbocycles. The minimum atomic E-state index is -0.320. The Morgan fingerprint density at radius 1 is 1.00 bits per heavy atom. The maximum Gasteiger partial charge on any atom is 0.494 e. The molecule has 0 amide bonds. The lowest BCUT2D eigenvalue weighted by Gasteiger charge is -2.32. The first-order valence-electron chi connectivity index (χ1n) is 8.72. The largest absolute Gasteiger partial charge is 0.494 e. The number of rotatable bonds is 7. The van der Waals surface area contributed by atoms with E-state index in [4.69, 9.17) is 18.8 Å². The number of ether oxygens (including phenoxy) is 2. The van der Waals surface area contributed by atoms with Gasteiger partial charge in [0.1, 0.15) is 0 Å². The zero-order chi connectivity index (χ0) is 18.0. The second kappa shape index (κ2) is 7.16. The standard InChI is InChI=1S/C19H31BO4/c1-8-21-14-17(2,3)22-13-15-9-11-16(12-10-15)20-23-18(4,5)19(6,7)24-20/h9-12H,8,13-14H2,1-7H3. The van der Waals surface area contributed by atoms with Crippen LogP contribution in [0.15, 0.2) is 24.3 Å². The van der Waals surface area contributed by atoms with Crippen LogP contribution in [-0.2, 0) is 25.4 Å². The lowest BCUT2D eigenvalue weighted by atomic mass is 9.79. The van der Waals surface area contributed by atoms with Gasteiger partial charge in [-0.1, -0.05) is 24.3 Å². The van der Waals surface area contributed by atoms with Crippen LogP contribution in [0.3, 0.4) is 0 Å². The molecule has 0 bridgehead atoms. The van der Waals surface area contributed by atoms with Crippen LogP contribution in [-0.4, -0.2) is 37.1 Å². The Morgan fingerprint density at radius 2 is 1.54 bits per heavy atom. The highest BCUT2D eigenvalue weighted by Crippen LogP contribution is 2.36. The Bertz CT molecular complexity index is 521. The lowest BCUT2D eigenvalue weighted by Crippen LogP contribution is -2.41. The van der Waals surface area contributed by atoms with E-state index >= 15 is 0 Å². The fourth-order valence-corrected chi connectivity index (χ4v) is 2.42. The third-order valence-corrected chi connectivity index (χ3v) is 4.79. The average Bonchev–Trinajstić information content (AvgIpc) is 2.72. The summed E-state index contributed by atoms with van der Waals surface area (Å²) in [6.45, 7) is 16.2. The summed E-state index contributed by atoms with van der Waals surface area (Å²) in [5.74, 6) is 0. The predicted molar refractivity (Wildman–Crippen MR) is 97.5 cm³/mol. The Balaban J connectivity index is 1.94. The van der Waals surface area contributed by atoms with Crippen LogP contribution in [0.2, 0.25) is 0 Å². The summed E-state index contributed by atoms with van der Waals surface area (Å²) >= 11 is 0. The highest BCUT2D eigenvalue weighted by atomic mass is 16.7. The van der Waals surface area contributed by atoms with Gasteiger partial charge < -0.3 is 18.8 Å². The van der Waals surface area contributed by atoms with Gasteiger partial charge in [0.15, 0.2) is 0 Å². The van der Waals surface area contributed by atoms with Crippen LogP contribution in [0.4, 0.5) is 0 Å². The molecule has 0 atom stereocenters. The number of hydrogen-bond acceptors (Lipinski definition) is 4. The maximum atomic E-state index is 6.08. The Kier molecular flexibility index (Phi) is 5.81. The minimum absolute atomic E-state index is 0.291. The molecule has 0 radical (unpaired) electrons. The van der Waals surface area contributed by atoms with Gasteiger partial charge in [-0.2, -0.15) is 0 Å². The second-order valence-electron chi connectivity index (χ2n) is 8.02. The molecular weight excluding hydrogens is 303 g/mol. The van der Waals surface area contributed by atoms with Crippen molar-refractivity contribution in [2.45, 2.75) is 71.9 Å². The van der Waals surface area contributed by atoms with E-state index in [1.54, 1.807) is 0 Å². The van der Waals surface area contributed by atoms with Crippen molar-refractivity contribution in [1.29, 1.82) is 0 Å². The molecule has 0 unspecified atom stereocenters. The first kappa shape index (κ1) is 19.4. The average molecular weight is 334 g/mol. The Labute approximate surface area is 147 Å². The smallest absolute Gasteiger partial charge is 0.399 e. The van der Waals surface area contributed by atoms with Crippen molar-refractivity contribution in [1.82, 2.24) is 0 Å². The van der Waals surface area contributed by atoms with E-state index in [1.165, 1.54) is 0 Å². The predicted octanol–water partition coefficient (Wildman–Crippen LogP) is 3.32.